The average Bonchev–Trinajstić information content (AvgIpc) is 2.80. The second-order valence-electron chi connectivity index (χ2n) is 4.64. The van der Waals surface area contributed by atoms with Gasteiger partial charge in [0.2, 0.25) is 5.91 Å². The molecule has 1 aliphatic heterocycles. The summed E-state index contributed by atoms with van der Waals surface area (Å²) in [5.41, 5.74) is 2.85. The molecule has 3 rings (SSSR count). The first-order valence-corrected chi connectivity index (χ1v) is 6.70. The van der Waals surface area contributed by atoms with Gasteiger partial charge in [0.25, 0.3) is 0 Å². The maximum Gasteiger partial charge on any atom is 0.237 e. The molecule has 21 heavy (non-hydrogen) atoms. The standard InChI is InChI=1S/C16H10ClN3O/c17-11-3-6-15-13(7-11)14(16(21)20-15)9-19-12-4-1-10(8-18)2-5-12/h1-7,9,14H,(H,20,21). The first kappa shape index (κ1) is 13.3. The fraction of sp³-hybridized carbons (Fsp3) is 0.0625. The number of fused-ring (bicyclic) bond motifs is 1. The number of aliphatic imine (C=N–C) groups is 1. The third kappa shape index (κ3) is 2.64. The molecule has 1 N–H and O–H groups in total. The first-order valence-electron chi connectivity index (χ1n) is 6.32. The van der Waals surface area contributed by atoms with E-state index in [1.807, 2.05) is 6.07 Å². The summed E-state index contributed by atoms with van der Waals surface area (Å²) >= 11 is 5.97. The van der Waals surface area contributed by atoms with E-state index in [1.54, 1.807) is 48.7 Å². The summed E-state index contributed by atoms with van der Waals surface area (Å²) in [5, 5.41) is 12.1. The van der Waals surface area contributed by atoms with E-state index in [-0.39, 0.29) is 5.91 Å². The monoisotopic (exact) mass is 295 g/mol. The molecule has 1 heterocycles. The number of anilines is 1. The van der Waals surface area contributed by atoms with Gasteiger partial charge in [0, 0.05) is 16.9 Å². The molecule has 0 aliphatic carbocycles. The van der Waals surface area contributed by atoms with Crippen LogP contribution in [0, 0.1) is 11.3 Å². The smallest absolute Gasteiger partial charge is 0.237 e. The minimum atomic E-state index is -0.450. The van der Waals surface area contributed by atoms with Crippen LogP contribution in [-0.2, 0) is 4.79 Å². The van der Waals surface area contributed by atoms with Crippen LogP contribution >= 0.6 is 11.6 Å². The quantitative estimate of drug-likeness (QED) is 0.859. The molecule has 0 saturated carbocycles. The summed E-state index contributed by atoms with van der Waals surface area (Å²) in [6.07, 6.45) is 1.60. The number of nitrogens with one attached hydrogen (secondary N) is 1. The van der Waals surface area contributed by atoms with Gasteiger partial charge in [0.05, 0.1) is 17.3 Å². The molecule has 4 nitrogen and oxygen atoms in total. The summed E-state index contributed by atoms with van der Waals surface area (Å²) in [7, 11) is 0. The zero-order valence-electron chi connectivity index (χ0n) is 10.9. The molecule has 0 saturated heterocycles. The summed E-state index contributed by atoms with van der Waals surface area (Å²) in [6.45, 7) is 0. The van der Waals surface area contributed by atoms with Crippen LogP contribution in [0.2, 0.25) is 5.02 Å². The summed E-state index contributed by atoms with van der Waals surface area (Å²) in [4.78, 5) is 16.3. The zero-order valence-corrected chi connectivity index (χ0v) is 11.6. The zero-order chi connectivity index (χ0) is 14.8. The molecule has 0 fully saturated rings. The molecule has 1 atom stereocenters. The van der Waals surface area contributed by atoms with E-state index in [1.165, 1.54) is 0 Å². The lowest BCUT2D eigenvalue weighted by Crippen LogP contribution is -2.12. The van der Waals surface area contributed by atoms with Crippen molar-refractivity contribution in [3.05, 3.63) is 58.6 Å². The maximum atomic E-state index is 12.0. The fourth-order valence-electron chi connectivity index (χ4n) is 2.19. The van der Waals surface area contributed by atoms with Crippen LogP contribution in [0.4, 0.5) is 11.4 Å². The number of benzene rings is 2. The number of carbonyl (C=O) groups is 1. The Bertz CT molecular complexity index is 775. The highest BCUT2D eigenvalue weighted by Crippen LogP contribution is 2.33. The number of amides is 1. The molecule has 2 aromatic rings. The van der Waals surface area contributed by atoms with Crippen molar-refractivity contribution in [3.8, 4) is 6.07 Å². The topological polar surface area (TPSA) is 65.2 Å². The number of rotatable bonds is 2. The molecular formula is C16H10ClN3O. The van der Waals surface area contributed by atoms with Crippen molar-refractivity contribution >= 4 is 35.1 Å². The largest absolute Gasteiger partial charge is 0.325 e. The van der Waals surface area contributed by atoms with Crippen molar-refractivity contribution in [2.24, 2.45) is 4.99 Å². The van der Waals surface area contributed by atoms with Crippen LogP contribution in [0.15, 0.2) is 47.5 Å². The van der Waals surface area contributed by atoms with Crippen LogP contribution in [0.5, 0.6) is 0 Å². The second kappa shape index (κ2) is 5.39. The van der Waals surface area contributed by atoms with Gasteiger partial charge in [0.1, 0.15) is 5.92 Å². The summed E-state index contributed by atoms with van der Waals surface area (Å²) in [5.74, 6) is -0.570. The lowest BCUT2D eigenvalue weighted by molar-refractivity contribution is -0.115. The van der Waals surface area contributed by atoms with Crippen molar-refractivity contribution in [1.29, 1.82) is 5.26 Å². The summed E-state index contributed by atoms with van der Waals surface area (Å²) < 4.78 is 0. The van der Waals surface area contributed by atoms with Gasteiger partial charge >= 0.3 is 0 Å². The number of halogens is 1. The number of carbonyl (C=O) groups excluding carboxylic acids is 1. The van der Waals surface area contributed by atoms with Crippen molar-refractivity contribution in [3.63, 3.8) is 0 Å². The van der Waals surface area contributed by atoms with E-state index in [9.17, 15) is 4.79 Å². The first-order chi connectivity index (χ1) is 10.2. The fourth-order valence-corrected chi connectivity index (χ4v) is 2.37. The highest BCUT2D eigenvalue weighted by molar-refractivity contribution is 6.31. The van der Waals surface area contributed by atoms with E-state index >= 15 is 0 Å². The number of nitrogens with zero attached hydrogens (tertiary/aromatic N) is 2. The van der Waals surface area contributed by atoms with Gasteiger partial charge in [-0.2, -0.15) is 5.26 Å². The second-order valence-corrected chi connectivity index (χ2v) is 5.07. The van der Waals surface area contributed by atoms with Crippen molar-refractivity contribution in [2.45, 2.75) is 5.92 Å². The Kier molecular flexibility index (Phi) is 3.43. The molecule has 2 aromatic carbocycles. The molecular weight excluding hydrogens is 286 g/mol. The number of hydrogen-bond acceptors (Lipinski definition) is 3. The SMILES string of the molecule is N#Cc1ccc(N=CC2C(=O)Nc3ccc(Cl)cc32)cc1. The molecule has 0 bridgehead atoms. The van der Waals surface area contributed by atoms with E-state index in [4.69, 9.17) is 16.9 Å². The number of hydrogen-bond donors (Lipinski definition) is 1. The van der Waals surface area contributed by atoms with E-state index in [0.29, 0.717) is 16.3 Å². The third-order valence-electron chi connectivity index (χ3n) is 3.26. The molecule has 0 aromatic heterocycles. The molecule has 102 valence electrons. The van der Waals surface area contributed by atoms with Crippen LogP contribution < -0.4 is 5.32 Å². The Morgan fingerprint density at radius 3 is 2.71 bits per heavy atom. The molecule has 1 aliphatic rings. The lowest BCUT2D eigenvalue weighted by atomic mass is 10.0. The Balaban J connectivity index is 1.88. The van der Waals surface area contributed by atoms with Gasteiger partial charge in [-0.15, -0.1) is 0 Å². The molecule has 5 heteroatoms. The van der Waals surface area contributed by atoms with Crippen LogP contribution in [0.1, 0.15) is 17.0 Å². The number of nitriles is 1. The molecule has 1 unspecified atom stereocenters. The van der Waals surface area contributed by atoms with Crippen LogP contribution in [0.3, 0.4) is 0 Å². The molecule has 0 radical (unpaired) electrons. The van der Waals surface area contributed by atoms with Gasteiger partial charge in [-0.25, -0.2) is 0 Å². The van der Waals surface area contributed by atoms with Crippen molar-refractivity contribution in [1.82, 2.24) is 0 Å². The van der Waals surface area contributed by atoms with Crippen LogP contribution in [0.25, 0.3) is 0 Å². The predicted octanol–water partition coefficient (Wildman–Crippen LogP) is 3.65. The van der Waals surface area contributed by atoms with Gasteiger partial charge in [-0.3, -0.25) is 9.79 Å². The van der Waals surface area contributed by atoms with E-state index < -0.39 is 5.92 Å². The highest BCUT2D eigenvalue weighted by atomic mass is 35.5. The summed E-state index contributed by atoms with van der Waals surface area (Å²) in [6, 6.07) is 14.2. The normalized spacial score (nSPS) is 16.6. The predicted molar refractivity (Wildman–Crippen MR) is 82.1 cm³/mol. The molecule has 0 spiro atoms. The third-order valence-corrected chi connectivity index (χ3v) is 3.49. The van der Waals surface area contributed by atoms with Gasteiger partial charge < -0.3 is 5.32 Å². The maximum absolute atomic E-state index is 12.0. The average molecular weight is 296 g/mol. The Morgan fingerprint density at radius 2 is 2.00 bits per heavy atom. The van der Waals surface area contributed by atoms with Gasteiger partial charge in [-0.1, -0.05) is 11.6 Å². The lowest BCUT2D eigenvalue weighted by Gasteiger charge is -2.02. The minimum absolute atomic E-state index is 0.121. The van der Waals surface area contributed by atoms with Crippen molar-refractivity contribution < 1.29 is 4.79 Å². The van der Waals surface area contributed by atoms with Gasteiger partial charge in [-0.05, 0) is 48.0 Å². The Morgan fingerprint density at radius 1 is 1.24 bits per heavy atom. The van der Waals surface area contributed by atoms with Crippen LogP contribution in [-0.4, -0.2) is 12.1 Å². The molecule has 1 amide bonds. The van der Waals surface area contributed by atoms with E-state index in [0.717, 1.165) is 11.3 Å². The van der Waals surface area contributed by atoms with E-state index in [2.05, 4.69) is 10.3 Å². The van der Waals surface area contributed by atoms with Gasteiger partial charge in [0.15, 0.2) is 0 Å². The van der Waals surface area contributed by atoms with Crippen molar-refractivity contribution in [2.75, 3.05) is 5.32 Å². The minimum Gasteiger partial charge on any atom is -0.325 e. The Labute approximate surface area is 126 Å². The Hall–Kier alpha value is -2.64. The highest BCUT2D eigenvalue weighted by Gasteiger charge is 2.29.